The Hall–Kier alpha value is -11.9. The minimum absolute atomic E-state index is 0.0399. The molecule has 0 fully saturated rings. The zero-order valence-corrected chi connectivity index (χ0v) is 53.0. The van der Waals surface area contributed by atoms with Crippen LogP contribution < -0.4 is 0 Å². The molecule has 0 unspecified atom stereocenters. The molecule has 94 heavy (non-hydrogen) atoms. The Morgan fingerprint density at radius 2 is 0.489 bits per heavy atom. The smallest absolute Gasteiger partial charge is 0.308 e. The van der Waals surface area contributed by atoms with Gasteiger partial charge < -0.3 is 18.3 Å². The molecule has 0 saturated heterocycles. The van der Waals surface area contributed by atoms with Crippen LogP contribution in [0, 0.1) is 89.4 Å². The molecule has 16 rings (SSSR count). The van der Waals surface area contributed by atoms with Crippen molar-refractivity contribution in [2.24, 2.45) is 0 Å². The molecule has 0 saturated carbocycles. The number of aromatic nitrogens is 4. The number of hydrogen-bond acceptors (Lipinski definition) is 3. The maximum Gasteiger partial charge on any atom is 0.420 e. The van der Waals surface area contributed by atoms with Crippen molar-refractivity contribution in [3.63, 3.8) is 0 Å². The molecule has 16 aromatic rings. The van der Waals surface area contributed by atoms with Gasteiger partial charge in [-0.05, 0) is 171 Å². The van der Waals surface area contributed by atoms with Crippen LogP contribution >= 0.6 is 0 Å². The lowest BCUT2D eigenvalue weighted by atomic mass is 9.97. The number of benzene rings is 12. The monoisotopic (exact) mass is 1220 g/mol. The summed E-state index contributed by atoms with van der Waals surface area (Å²) in [6, 6.07) is 78.7. The molecule has 0 aliphatic heterocycles. The third-order valence-electron chi connectivity index (χ3n) is 19.1. The topological polar surface area (TPSA) is 91.1 Å². The van der Waals surface area contributed by atoms with Gasteiger partial charge in [-0.2, -0.15) is 29.0 Å². The molecule has 0 amide bonds. The second kappa shape index (κ2) is 22.2. The molecule has 4 heterocycles. The maximum absolute atomic E-state index is 16.1. The van der Waals surface area contributed by atoms with Gasteiger partial charge in [-0.3, -0.25) is 0 Å². The van der Waals surface area contributed by atoms with E-state index in [9.17, 15) is 15.8 Å². The lowest BCUT2D eigenvalue weighted by Crippen LogP contribution is -2.16. The molecule has 4 aromatic heterocycles. The highest BCUT2D eigenvalue weighted by Crippen LogP contribution is 2.49. The standard InChI is InChI=1S/C42H30F3N3.C42H30N4/c1-24-10-5-16-31-32-17-6-11-25(2)39(32)47(38(24)31)35-21-30(29-15-9-14-28(20-29)23-46)22-36(37(35)42(43,44)45)48-40-26(3)12-7-18-33(40)34-19-8-13-27(4)41(34)48;1-25-10-5-16-32-33-17-6-11-26(2)40(33)45(39(25)32)37-21-31(30-15-9-14-29(20-30)23-43)22-38(36(37)24-44)46-41-27(3)12-7-18-34(41)35-19-8-13-28(4)42(35)46/h5-22H,1-4H3;5-22H,1-4H3. The van der Waals surface area contributed by atoms with E-state index in [2.05, 4.69) is 140 Å². The van der Waals surface area contributed by atoms with Crippen LogP contribution in [-0.4, -0.2) is 18.3 Å². The summed E-state index contributed by atoms with van der Waals surface area (Å²) in [5.74, 6) is 0. The summed E-state index contributed by atoms with van der Waals surface area (Å²) in [4.78, 5) is 0. The van der Waals surface area contributed by atoms with Crippen LogP contribution in [0.3, 0.4) is 0 Å². The Morgan fingerprint density at radius 3 is 0.713 bits per heavy atom. The third-order valence-corrected chi connectivity index (χ3v) is 19.1. The van der Waals surface area contributed by atoms with Gasteiger partial charge in [0.2, 0.25) is 0 Å². The largest absolute Gasteiger partial charge is 0.420 e. The first-order valence-corrected chi connectivity index (χ1v) is 31.3. The summed E-state index contributed by atoms with van der Waals surface area (Å²) in [6.07, 6.45) is -4.74. The van der Waals surface area contributed by atoms with Gasteiger partial charge in [-0.25, -0.2) is 0 Å². The average molecular weight is 1220 g/mol. The van der Waals surface area contributed by atoms with Crippen LogP contribution in [0.15, 0.2) is 218 Å². The highest BCUT2D eigenvalue weighted by Gasteiger charge is 2.40. The Balaban J connectivity index is 0.000000155. The summed E-state index contributed by atoms with van der Waals surface area (Å²) < 4.78 is 56.4. The van der Waals surface area contributed by atoms with E-state index in [4.69, 9.17) is 0 Å². The molecule has 0 aliphatic rings. The number of nitrogens with zero attached hydrogens (tertiary/aromatic N) is 7. The number of alkyl halides is 3. The Kier molecular flexibility index (Phi) is 13.8. The van der Waals surface area contributed by atoms with Crippen molar-refractivity contribution in [2.45, 2.75) is 61.6 Å². The summed E-state index contributed by atoms with van der Waals surface area (Å²) in [7, 11) is 0. The maximum atomic E-state index is 16.1. The Labute approximate surface area is 541 Å². The number of para-hydroxylation sites is 8. The highest BCUT2D eigenvalue weighted by atomic mass is 19.4. The number of hydrogen-bond donors (Lipinski definition) is 0. The minimum atomic E-state index is -4.74. The molecule has 0 spiro atoms. The van der Waals surface area contributed by atoms with Gasteiger partial charge in [0.25, 0.3) is 0 Å². The first-order chi connectivity index (χ1) is 45.5. The Bertz CT molecular complexity index is 5530. The first kappa shape index (κ1) is 58.5. The van der Waals surface area contributed by atoms with E-state index >= 15 is 13.2 Å². The number of rotatable bonds is 6. The second-order valence-electron chi connectivity index (χ2n) is 24.9. The van der Waals surface area contributed by atoms with E-state index < -0.39 is 11.7 Å². The van der Waals surface area contributed by atoms with Crippen LogP contribution in [0.2, 0.25) is 0 Å². The molecule has 0 radical (unpaired) electrons. The molecule has 10 heteroatoms. The van der Waals surface area contributed by atoms with Crippen molar-refractivity contribution in [2.75, 3.05) is 0 Å². The van der Waals surface area contributed by atoms with Gasteiger partial charge in [-0.1, -0.05) is 170 Å². The van der Waals surface area contributed by atoms with Crippen molar-refractivity contribution >= 4 is 87.2 Å². The van der Waals surface area contributed by atoms with Crippen molar-refractivity contribution in [3.05, 3.63) is 285 Å². The van der Waals surface area contributed by atoms with Crippen LogP contribution in [0.1, 0.15) is 66.8 Å². The van der Waals surface area contributed by atoms with Crippen molar-refractivity contribution in [3.8, 4) is 63.2 Å². The summed E-state index contributed by atoms with van der Waals surface area (Å²) in [5, 5.41) is 38.9. The summed E-state index contributed by atoms with van der Waals surface area (Å²) >= 11 is 0. The molecule has 12 aromatic carbocycles. The molecular weight excluding hydrogens is 1160 g/mol. The molecule has 0 N–H and O–H groups in total. The lowest BCUT2D eigenvalue weighted by Gasteiger charge is -2.24. The average Bonchev–Trinajstić information content (AvgIpc) is 1.58. The van der Waals surface area contributed by atoms with Gasteiger partial charge in [0.15, 0.2) is 0 Å². The fraction of sp³-hybridized carbons (Fsp3) is 0.107. The van der Waals surface area contributed by atoms with Gasteiger partial charge in [-0.15, -0.1) is 0 Å². The summed E-state index contributed by atoms with van der Waals surface area (Å²) in [5.41, 5.74) is 21.1. The number of fused-ring (bicyclic) bond motifs is 12. The van der Waals surface area contributed by atoms with E-state index in [1.54, 1.807) is 30.3 Å². The SMILES string of the molecule is Cc1cccc2c3cccc(C)c3n(-c3cc(-c4cccc(C#N)c4)cc(-n4c5c(C)cccc5c5cccc(C)c54)c3C#N)c12.Cc1cccc2c3cccc(C)c3n(-c3cc(-c4cccc(C#N)c4)cc(-n4c5c(C)cccc5c5cccc(C)c54)c3C(F)(F)F)c12. The van der Waals surface area contributed by atoms with Gasteiger partial charge in [0.05, 0.1) is 90.1 Å². The van der Waals surface area contributed by atoms with Gasteiger partial charge in [0, 0.05) is 43.1 Å². The van der Waals surface area contributed by atoms with Crippen molar-refractivity contribution < 1.29 is 13.2 Å². The molecule has 452 valence electrons. The van der Waals surface area contributed by atoms with Gasteiger partial charge >= 0.3 is 6.18 Å². The lowest BCUT2D eigenvalue weighted by molar-refractivity contribution is -0.137. The van der Waals surface area contributed by atoms with Crippen LogP contribution in [0.25, 0.3) is 132 Å². The molecule has 7 nitrogen and oxygen atoms in total. The van der Waals surface area contributed by atoms with E-state index in [1.165, 1.54) is 0 Å². The zero-order valence-electron chi connectivity index (χ0n) is 53.0. The number of aryl methyl sites for hydroxylation is 8. The second-order valence-corrected chi connectivity index (χ2v) is 24.9. The normalized spacial score (nSPS) is 11.7. The van der Waals surface area contributed by atoms with E-state index in [0.717, 1.165) is 154 Å². The number of nitriles is 3. The quantitative estimate of drug-likeness (QED) is 0.166. The molecule has 0 atom stereocenters. The fourth-order valence-electron chi connectivity index (χ4n) is 15.0. The van der Waals surface area contributed by atoms with E-state index in [-0.39, 0.29) is 11.4 Å². The first-order valence-electron chi connectivity index (χ1n) is 31.3. The minimum Gasteiger partial charge on any atom is -0.308 e. The number of halogens is 3. The van der Waals surface area contributed by atoms with Crippen molar-refractivity contribution in [1.29, 1.82) is 15.8 Å². The predicted octanol–water partition coefficient (Wildman–Crippen LogP) is 22.2. The highest BCUT2D eigenvalue weighted by molar-refractivity contribution is 6.15. The Morgan fingerprint density at radius 1 is 0.266 bits per heavy atom. The van der Waals surface area contributed by atoms with E-state index in [1.807, 2.05) is 140 Å². The van der Waals surface area contributed by atoms with Crippen LogP contribution in [-0.2, 0) is 6.18 Å². The molecule has 0 aliphatic carbocycles. The fourth-order valence-corrected chi connectivity index (χ4v) is 15.0. The summed E-state index contributed by atoms with van der Waals surface area (Å²) in [6.45, 7) is 16.3. The molecule has 0 bridgehead atoms. The zero-order chi connectivity index (χ0) is 65.2. The van der Waals surface area contributed by atoms with Crippen LogP contribution in [0.5, 0.6) is 0 Å². The predicted molar refractivity (Wildman–Crippen MR) is 378 cm³/mol. The molecular formula is C84H60F3N7. The van der Waals surface area contributed by atoms with Crippen molar-refractivity contribution in [1.82, 2.24) is 18.3 Å². The third kappa shape index (κ3) is 8.99. The van der Waals surface area contributed by atoms with Crippen LogP contribution in [0.4, 0.5) is 13.2 Å². The van der Waals surface area contributed by atoms with E-state index in [0.29, 0.717) is 27.8 Å². The van der Waals surface area contributed by atoms with Gasteiger partial charge in [0.1, 0.15) is 17.2 Å².